The van der Waals surface area contributed by atoms with Crippen LogP contribution in [0.5, 0.6) is 5.75 Å². The Bertz CT molecular complexity index is 859. The van der Waals surface area contributed by atoms with E-state index < -0.39 is 29.9 Å². The molecule has 2 rings (SSSR count). The summed E-state index contributed by atoms with van der Waals surface area (Å²) in [6.07, 6.45) is -0.911. The molecular formula is C19H19Cl2N3O4. The molecule has 0 aliphatic carbocycles. The van der Waals surface area contributed by atoms with Gasteiger partial charge >= 0.3 is 0 Å². The largest absolute Gasteiger partial charge is 0.508 e. The maximum absolute atomic E-state index is 12.9. The SMILES string of the molecule is CC(=O)NC(C(=O)NC(NC(=O)CCl)c1cccc(Cl)c1)c1ccc(O)cc1. The smallest absolute Gasteiger partial charge is 0.249 e. The van der Waals surface area contributed by atoms with Crippen LogP contribution in [0.3, 0.4) is 0 Å². The van der Waals surface area contributed by atoms with Crippen LogP contribution in [-0.2, 0) is 14.4 Å². The topological polar surface area (TPSA) is 108 Å². The normalized spacial score (nSPS) is 12.5. The van der Waals surface area contributed by atoms with Gasteiger partial charge in [0.2, 0.25) is 17.7 Å². The van der Waals surface area contributed by atoms with Crippen molar-refractivity contribution in [3.63, 3.8) is 0 Å². The first kappa shape index (κ1) is 21.5. The molecule has 0 fully saturated rings. The van der Waals surface area contributed by atoms with Crippen molar-refractivity contribution in [2.45, 2.75) is 19.1 Å². The highest BCUT2D eigenvalue weighted by Gasteiger charge is 2.25. The molecule has 0 aromatic heterocycles. The van der Waals surface area contributed by atoms with Gasteiger partial charge in [-0.3, -0.25) is 14.4 Å². The molecular weight excluding hydrogens is 405 g/mol. The van der Waals surface area contributed by atoms with Crippen LogP contribution in [0.4, 0.5) is 0 Å². The predicted octanol–water partition coefficient (Wildman–Crippen LogP) is 2.39. The fourth-order valence-electron chi connectivity index (χ4n) is 2.48. The number of carbonyl (C=O) groups excluding carboxylic acids is 3. The summed E-state index contributed by atoms with van der Waals surface area (Å²) in [5.41, 5.74) is 0.991. The molecule has 7 nitrogen and oxygen atoms in total. The average molecular weight is 424 g/mol. The van der Waals surface area contributed by atoms with E-state index in [2.05, 4.69) is 16.0 Å². The molecule has 2 unspecified atom stereocenters. The van der Waals surface area contributed by atoms with E-state index >= 15 is 0 Å². The molecule has 0 aliphatic rings. The lowest BCUT2D eigenvalue weighted by molar-refractivity contribution is -0.129. The molecule has 4 N–H and O–H groups in total. The fraction of sp³-hybridized carbons (Fsp3) is 0.211. The number of aromatic hydroxyl groups is 1. The van der Waals surface area contributed by atoms with E-state index in [0.29, 0.717) is 16.1 Å². The zero-order valence-electron chi connectivity index (χ0n) is 14.9. The summed E-state index contributed by atoms with van der Waals surface area (Å²) in [6, 6.07) is 11.4. The number of phenolic OH excluding ortho intramolecular Hbond substituents is 1. The Morgan fingerprint density at radius 2 is 1.68 bits per heavy atom. The number of hydrogen-bond donors (Lipinski definition) is 4. The summed E-state index contributed by atoms with van der Waals surface area (Å²) in [5, 5.41) is 17.7. The number of benzene rings is 2. The maximum Gasteiger partial charge on any atom is 0.249 e. The van der Waals surface area contributed by atoms with Crippen LogP contribution in [-0.4, -0.2) is 28.7 Å². The second-order valence-electron chi connectivity index (χ2n) is 5.92. The molecule has 2 aromatic rings. The zero-order chi connectivity index (χ0) is 20.7. The van der Waals surface area contributed by atoms with E-state index in [-0.39, 0.29) is 11.6 Å². The van der Waals surface area contributed by atoms with Crippen LogP contribution < -0.4 is 16.0 Å². The molecule has 3 amide bonds. The van der Waals surface area contributed by atoms with Gasteiger partial charge in [0.15, 0.2) is 0 Å². The summed E-state index contributed by atoms with van der Waals surface area (Å²) >= 11 is 11.6. The highest BCUT2D eigenvalue weighted by atomic mass is 35.5. The Hall–Kier alpha value is -2.77. The molecule has 0 spiro atoms. The highest BCUT2D eigenvalue weighted by Crippen LogP contribution is 2.20. The lowest BCUT2D eigenvalue weighted by Gasteiger charge is -2.24. The van der Waals surface area contributed by atoms with Crippen molar-refractivity contribution in [2.75, 3.05) is 5.88 Å². The summed E-state index contributed by atoms with van der Waals surface area (Å²) in [5.74, 6) is -1.75. The minimum atomic E-state index is -1.03. The zero-order valence-corrected chi connectivity index (χ0v) is 16.4. The fourth-order valence-corrected chi connectivity index (χ4v) is 2.76. The molecule has 148 valence electrons. The lowest BCUT2D eigenvalue weighted by atomic mass is 10.0. The third-order valence-electron chi connectivity index (χ3n) is 3.73. The Kier molecular flexibility index (Phi) is 7.66. The molecule has 9 heteroatoms. The van der Waals surface area contributed by atoms with E-state index in [1.54, 1.807) is 24.3 Å². The van der Waals surface area contributed by atoms with Crippen LogP contribution in [0.15, 0.2) is 48.5 Å². The minimum absolute atomic E-state index is 0.0249. The van der Waals surface area contributed by atoms with Crippen molar-refractivity contribution in [3.05, 3.63) is 64.7 Å². The van der Waals surface area contributed by atoms with E-state index in [4.69, 9.17) is 23.2 Å². The maximum atomic E-state index is 12.9. The molecule has 0 bridgehead atoms. The standard InChI is InChI=1S/C19H19Cl2N3O4/c1-11(25)22-17(12-5-7-15(26)8-6-12)19(28)24-18(23-16(27)10-20)13-3-2-4-14(21)9-13/h2-9,17-18,26H,10H2,1H3,(H,22,25)(H,23,27)(H,24,28). The molecule has 0 aliphatic heterocycles. The van der Waals surface area contributed by atoms with Gasteiger partial charge in [0, 0.05) is 11.9 Å². The first-order chi connectivity index (χ1) is 13.3. The summed E-state index contributed by atoms with van der Waals surface area (Å²) in [7, 11) is 0. The van der Waals surface area contributed by atoms with E-state index in [1.165, 1.54) is 31.2 Å². The van der Waals surface area contributed by atoms with Crippen LogP contribution in [0.25, 0.3) is 0 Å². The number of halogens is 2. The number of hydrogen-bond acceptors (Lipinski definition) is 4. The van der Waals surface area contributed by atoms with Crippen LogP contribution in [0.2, 0.25) is 5.02 Å². The number of carbonyl (C=O) groups is 3. The van der Waals surface area contributed by atoms with Crippen molar-refractivity contribution in [1.29, 1.82) is 0 Å². The van der Waals surface area contributed by atoms with Crippen LogP contribution in [0, 0.1) is 0 Å². The molecule has 28 heavy (non-hydrogen) atoms. The van der Waals surface area contributed by atoms with Gasteiger partial charge in [0.1, 0.15) is 23.8 Å². The second-order valence-corrected chi connectivity index (χ2v) is 6.63. The number of nitrogens with one attached hydrogen (secondary N) is 3. The van der Waals surface area contributed by atoms with E-state index in [9.17, 15) is 19.5 Å². The first-order valence-corrected chi connectivity index (χ1v) is 9.18. The predicted molar refractivity (Wildman–Crippen MR) is 106 cm³/mol. The van der Waals surface area contributed by atoms with Crippen molar-refractivity contribution in [1.82, 2.24) is 16.0 Å². The van der Waals surface area contributed by atoms with Gasteiger partial charge in [0.25, 0.3) is 0 Å². The number of alkyl halides is 1. The highest BCUT2D eigenvalue weighted by molar-refractivity contribution is 6.30. The Morgan fingerprint density at radius 1 is 1.00 bits per heavy atom. The van der Waals surface area contributed by atoms with Gasteiger partial charge in [-0.1, -0.05) is 35.9 Å². The molecule has 2 atom stereocenters. The number of amides is 3. The monoisotopic (exact) mass is 423 g/mol. The van der Waals surface area contributed by atoms with Gasteiger partial charge in [0.05, 0.1) is 0 Å². The minimum Gasteiger partial charge on any atom is -0.508 e. The second kappa shape index (κ2) is 9.96. The molecule has 0 radical (unpaired) electrons. The van der Waals surface area contributed by atoms with Crippen molar-refractivity contribution < 1.29 is 19.5 Å². The molecule has 2 aromatic carbocycles. The van der Waals surface area contributed by atoms with Crippen LogP contribution >= 0.6 is 23.2 Å². The van der Waals surface area contributed by atoms with Crippen LogP contribution in [0.1, 0.15) is 30.3 Å². The van der Waals surface area contributed by atoms with Gasteiger partial charge in [-0.25, -0.2) is 0 Å². The van der Waals surface area contributed by atoms with Gasteiger partial charge in [-0.15, -0.1) is 11.6 Å². The van der Waals surface area contributed by atoms with Crippen molar-refractivity contribution >= 4 is 40.9 Å². The lowest BCUT2D eigenvalue weighted by Crippen LogP contribution is -2.46. The average Bonchev–Trinajstić information content (AvgIpc) is 2.66. The third kappa shape index (κ3) is 6.14. The van der Waals surface area contributed by atoms with E-state index in [1.807, 2.05) is 0 Å². The summed E-state index contributed by atoms with van der Waals surface area (Å²) < 4.78 is 0. The summed E-state index contributed by atoms with van der Waals surface area (Å²) in [4.78, 5) is 36.3. The number of phenols is 1. The van der Waals surface area contributed by atoms with Gasteiger partial charge < -0.3 is 21.1 Å². The third-order valence-corrected chi connectivity index (χ3v) is 4.21. The van der Waals surface area contributed by atoms with Gasteiger partial charge in [-0.05, 0) is 35.4 Å². The molecule has 0 heterocycles. The Morgan fingerprint density at radius 3 is 2.25 bits per heavy atom. The summed E-state index contributed by atoms with van der Waals surface area (Å²) in [6.45, 7) is 1.28. The first-order valence-electron chi connectivity index (χ1n) is 8.27. The van der Waals surface area contributed by atoms with Crippen molar-refractivity contribution in [2.24, 2.45) is 0 Å². The van der Waals surface area contributed by atoms with Gasteiger partial charge in [-0.2, -0.15) is 0 Å². The number of rotatable bonds is 7. The van der Waals surface area contributed by atoms with Crippen molar-refractivity contribution in [3.8, 4) is 5.75 Å². The quantitative estimate of drug-likeness (QED) is 0.405. The molecule has 0 saturated carbocycles. The Labute approximate surface area is 172 Å². The Balaban J connectivity index is 2.30. The molecule has 0 saturated heterocycles. The van der Waals surface area contributed by atoms with E-state index in [0.717, 1.165) is 0 Å².